The number of aryl methyl sites for hydroxylation is 1. The van der Waals surface area contributed by atoms with Crippen LogP contribution >= 0.6 is 22.9 Å². The second-order valence-electron chi connectivity index (χ2n) is 8.37. The standard InChI is InChI=1S/C18H14ClF3N2O5S2.C4H10O/c1-3-28-14(25)8-11-9(2)6-12-16(15(11)29-31(26,27)18(20,21)22)30-17(24-12)10-4-5-23-13(19)7-10;1-4(2,3)5/h4-7H,3,8H2,1-2H3;5H,1-3H3. The number of thiazole rings is 1. The smallest absolute Gasteiger partial charge is 0.466 e. The monoisotopic (exact) mass is 568 g/mol. The zero-order chi connectivity index (χ0) is 27.5. The molecular weight excluding hydrogens is 545 g/mol. The van der Waals surface area contributed by atoms with Gasteiger partial charge in [0, 0.05) is 17.3 Å². The van der Waals surface area contributed by atoms with E-state index in [0.717, 1.165) is 11.3 Å². The molecule has 0 saturated carbocycles. The Balaban J connectivity index is 0.000000830. The van der Waals surface area contributed by atoms with Gasteiger partial charge in [-0.3, -0.25) is 4.79 Å². The van der Waals surface area contributed by atoms with E-state index in [2.05, 4.69) is 14.2 Å². The first-order valence-corrected chi connectivity index (χ1v) is 13.0. The lowest BCUT2D eigenvalue weighted by atomic mass is 10.0. The molecule has 0 unspecified atom stereocenters. The first kappa shape index (κ1) is 29.7. The SMILES string of the molecule is CC(C)(C)O.CCOC(=O)Cc1c(C)cc2nc(-c3ccnc(Cl)c3)sc2c1OS(=O)(=O)C(F)(F)F. The maximum Gasteiger partial charge on any atom is 0.534 e. The van der Waals surface area contributed by atoms with E-state index in [-0.39, 0.29) is 27.5 Å². The van der Waals surface area contributed by atoms with Gasteiger partial charge in [-0.2, -0.15) is 21.6 Å². The van der Waals surface area contributed by atoms with Gasteiger partial charge in [-0.05, 0) is 58.4 Å². The number of aliphatic hydroxyl groups is 1. The Morgan fingerprint density at radius 2 is 1.83 bits per heavy atom. The number of carbonyl (C=O) groups is 1. The normalized spacial score (nSPS) is 12.2. The molecule has 0 aliphatic heterocycles. The van der Waals surface area contributed by atoms with Crippen LogP contribution in [0.2, 0.25) is 5.15 Å². The van der Waals surface area contributed by atoms with Crippen molar-refractivity contribution in [1.82, 2.24) is 9.97 Å². The summed E-state index contributed by atoms with van der Waals surface area (Å²) in [7, 11) is -6.00. The van der Waals surface area contributed by atoms with Crippen LogP contribution in [0.15, 0.2) is 24.4 Å². The molecule has 1 aromatic carbocycles. The summed E-state index contributed by atoms with van der Waals surface area (Å²) < 4.78 is 71.9. The third kappa shape index (κ3) is 8.02. The Bertz CT molecular complexity index is 1350. The number of benzene rings is 1. The second kappa shape index (κ2) is 11.3. The van der Waals surface area contributed by atoms with E-state index in [4.69, 9.17) is 21.4 Å². The van der Waals surface area contributed by atoms with Crippen molar-refractivity contribution in [1.29, 1.82) is 0 Å². The first-order chi connectivity index (χ1) is 16.4. The number of fused-ring (bicyclic) bond motifs is 1. The average Bonchev–Trinajstić information content (AvgIpc) is 3.12. The van der Waals surface area contributed by atoms with Crippen molar-refractivity contribution in [3.63, 3.8) is 0 Å². The maximum atomic E-state index is 13.0. The Morgan fingerprint density at radius 1 is 1.22 bits per heavy atom. The average molecular weight is 569 g/mol. The van der Waals surface area contributed by atoms with E-state index in [1.807, 2.05) is 0 Å². The first-order valence-electron chi connectivity index (χ1n) is 10.4. The molecule has 1 N–H and O–H groups in total. The van der Waals surface area contributed by atoms with Gasteiger partial charge in [-0.1, -0.05) is 11.6 Å². The van der Waals surface area contributed by atoms with Crippen molar-refractivity contribution in [2.45, 2.75) is 52.1 Å². The Kier molecular flexibility index (Phi) is 9.32. The number of ether oxygens (including phenoxy) is 1. The topological polar surface area (TPSA) is 116 Å². The summed E-state index contributed by atoms with van der Waals surface area (Å²) in [6, 6.07) is 4.61. The highest BCUT2D eigenvalue weighted by Gasteiger charge is 2.49. The molecule has 0 fully saturated rings. The van der Waals surface area contributed by atoms with Crippen LogP contribution < -0.4 is 4.18 Å². The summed E-state index contributed by atoms with van der Waals surface area (Å²) in [4.78, 5) is 20.2. The van der Waals surface area contributed by atoms with Crippen LogP contribution in [0.4, 0.5) is 13.2 Å². The van der Waals surface area contributed by atoms with Crippen LogP contribution in [0, 0.1) is 6.92 Å². The fourth-order valence-corrected chi connectivity index (χ4v) is 4.45. The zero-order valence-corrected chi connectivity index (χ0v) is 22.3. The van der Waals surface area contributed by atoms with Gasteiger partial charge < -0.3 is 14.0 Å². The van der Waals surface area contributed by atoms with Gasteiger partial charge in [0.1, 0.15) is 10.2 Å². The van der Waals surface area contributed by atoms with Gasteiger partial charge in [0.05, 0.1) is 28.8 Å². The summed E-state index contributed by atoms with van der Waals surface area (Å²) in [5.74, 6) is -1.35. The number of rotatable bonds is 6. The predicted molar refractivity (Wildman–Crippen MR) is 131 cm³/mol. The van der Waals surface area contributed by atoms with Crippen LogP contribution in [0.25, 0.3) is 20.8 Å². The lowest BCUT2D eigenvalue weighted by Crippen LogP contribution is -2.28. The van der Waals surface area contributed by atoms with E-state index in [0.29, 0.717) is 16.1 Å². The molecule has 0 saturated heterocycles. The van der Waals surface area contributed by atoms with E-state index in [9.17, 15) is 26.4 Å². The second-order valence-corrected chi connectivity index (χ2v) is 11.3. The summed E-state index contributed by atoms with van der Waals surface area (Å²) in [6.45, 7) is 8.34. The molecule has 0 aliphatic rings. The van der Waals surface area contributed by atoms with Gasteiger partial charge >= 0.3 is 21.6 Å². The maximum absolute atomic E-state index is 13.0. The van der Waals surface area contributed by atoms with Crippen molar-refractivity contribution in [2.75, 3.05) is 6.61 Å². The van der Waals surface area contributed by atoms with E-state index in [1.165, 1.54) is 25.3 Å². The minimum absolute atomic E-state index is 0.0284. The van der Waals surface area contributed by atoms with Crippen LogP contribution in [-0.4, -0.2) is 47.2 Å². The molecule has 0 amide bonds. The van der Waals surface area contributed by atoms with Crippen LogP contribution in [-0.2, 0) is 26.1 Å². The predicted octanol–water partition coefficient (Wildman–Crippen LogP) is 5.43. The molecule has 2 aromatic heterocycles. The van der Waals surface area contributed by atoms with E-state index in [1.54, 1.807) is 33.8 Å². The fraction of sp³-hybridized carbons (Fsp3) is 0.409. The zero-order valence-electron chi connectivity index (χ0n) is 19.9. The number of hydrogen-bond donors (Lipinski definition) is 1. The lowest BCUT2D eigenvalue weighted by molar-refractivity contribution is -0.142. The molecule has 0 atom stereocenters. The molecule has 2 heterocycles. The molecule has 8 nitrogen and oxygen atoms in total. The summed E-state index contributed by atoms with van der Waals surface area (Å²) in [5, 5.41) is 9.04. The third-order valence-corrected chi connectivity index (χ3v) is 6.32. The molecule has 3 aromatic rings. The molecule has 0 spiro atoms. The molecule has 14 heteroatoms. The highest BCUT2D eigenvalue weighted by atomic mass is 35.5. The van der Waals surface area contributed by atoms with Gasteiger partial charge in [0.25, 0.3) is 0 Å². The van der Waals surface area contributed by atoms with Crippen molar-refractivity contribution in [3.05, 3.63) is 40.7 Å². The van der Waals surface area contributed by atoms with Crippen LogP contribution in [0.1, 0.15) is 38.8 Å². The molecule has 0 radical (unpaired) electrons. The summed E-state index contributed by atoms with van der Waals surface area (Å²) in [6.07, 6.45) is 0.944. The minimum Gasteiger partial charge on any atom is -0.466 e. The third-order valence-electron chi connectivity index (χ3n) is 4.04. The quantitative estimate of drug-likeness (QED) is 0.181. The Hall–Kier alpha value is -2.48. The summed E-state index contributed by atoms with van der Waals surface area (Å²) >= 11 is 6.78. The highest BCUT2D eigenvalue weighted by Crippen LogP contribution is 2.42. The van der Waals surface area contributed by atoms with Crippen LogP contribution in [0.5, 0.6) is 5.75 Å². The lowest BCUT2D eigenvalue weighted by Gasteiger charge is -2.15. The number of pyridine rings is 1. The number of esters is 1. The number of carbonyl (C=O) groups excluding carboxylic acids is 1. The highest BCUT2D eigenvalue weighted by molar-refractivity contribution is 7.88. The summed E-state index contributed by atoms with van der Waals surface area (Å²) in [5.41, 5.74) is -5.16. The van der Waals surface area contributed by atoms with Crippen LogP contribution in [0.3, 0.4) is 0 Å². The molecule has 0 bridgehead atoms. The van der Waals surface area contributed by atoms with Crippen molar-refractivity contribution in [2.24, 2.45) is 0 Å². The largest absolute Gasteiger partial charge is 0.534 e. The number of aromatic nitrogens is 2. The van der Waals surface area contributed by atoms with Crippen molar-refractivity contribution in [3.8, 4) is 16.3 Å². The molecule has 3 rings (SSSR count). The number of alkyl halides is 3. The molecular formula is C22H24ClF3N2O6S2. The Labute approximate surface area is 215 Å². The van der Waals surface area contributed by atoms with Gasteiger partial charge in [0.2, 0.25) is 0 Å². The molecule has 36 heavy (non-hydrogen) atoms. The molecule has 198 valence electrons. The van der Waals surface area contributed by atoms with Crippen molar-refractivity contribution < 1.29 is 40.4 Å². The van der Waals surface area contributed by atoms with Gasteiger partial charge in [-0.15, -0.1) is 11.3 Å². The van der Waals surface area contributed by atoms with E-state index < -0.39 is 39.4 Å². The number of halogens is 4. The Morgan fingerprint density at radius 3 is 2.36 bits per heavy atom. The minimum atomic E-state index is -6.00. The van der Waals surface area contributed by atoms with Gasteiger partial charge in [0.15, 0.2) is 5.75 Å². The van der Waals surface area contributed by atoms with Gasteiger partial charge in [-0.25, -0.2) is 9.97 Å². The number of nitrogens with zero attached hydrogens (tertiary/aromatic N) is 2. The number of hydrogen-bond acceptors (Lipinski definition) is 9. The molecule has 0 aliphatic carbocycles. The van der Waals surface area contributed by atoms with Crippen molar-refractivity contribution >= 4 is 49.2 Å². The fourth-order valence-electron chi connectivity index (χ4n) is 2.68. The van der Waals surface area contributed by atoms with E-state index >= 15 is 0 Å².